The number of rotatable bonds is 7. The van der Waals surface area contributed by atoms with Crippen LogP contribution in [0.15, 0.2) is 30.3 Å². The van der Waals surface area contributed by atoms with Gasteiger partial charge in [-0.1, -0.05) is 30.3 Å². The zero-order valence-corrected chi connectivity index (χ0v) is 14.7. The van der Waals surface area contributed by atoms with Crippen LogP contribution < -0.4 is 11.1 Å². The maximum absolute atomic E-state index is 12.0. The summed E-state index contributed by atoms with van der Waals surface area (Å²) in [5, 5.41) is 2.80. The van der Waals surface area contributed by atoms with Crippen LogP contribution in [0.25, 0.3) is 0 Å². The first-order chi connectivity index (χ1) is 10.7. The number of hydrogen-bond acceptors (Lipinski definition) is 4. The average molecular weight is 361 g/mol. The number of halogens is 1. The minimum Gasteiger partial charge on any atom is -0.381 e. The van der Waals surface area contributed by atoms with Gasteiger partial charge in [0, 0.05) is 42.1 Å². The van der Waals surface area contributed by atoms with Gasteiger partial charge >= 0.3 is 0 Å². The highest BCUT2D eigenvalue weighted by atomic mass is 35.5. The molecule has 2 rings (SSSR count). The molecule has 1 aliphatic rings. The van der Waals surface area contributed by atoms with Crippen LogP contribution in [0.5, 0.6) is 0 Å². The third-order valence-corrected chi connectivity index (χ3v) is 5.19. The van der Waals surface area contributed by atoms with E-state index in [9.17, 15) is 9.00 Å². The summed E-state index contributed by atoms with van der Waals surface area (Å²) >= 11 is 0. The Morgan fingerprint density at radius 1 is 1.30 bits per heavy atom. The number of carbonyl (C=O) groups excluding carboxylic acids is 1. The number of nitrogens with one attached hydrogen (secondary N) is 1. The van der Waals surface area contributed by atoms with Crippen LogP contribution in [-0.2, 0) is 26.1 Å². The molecule has 1 amide bonds. The van der Waals surface area contributed by atoms with Crippen molar-refractivity contribution in [2.24, 2.45) is 11.7 Å². The van der Waals surface area contributed by atoms with Gasteiger partial charge in [-0.2, -0.15) is 0 Å². The Hall–Kier alpha value is -0.950. The first-order valence-electron chi connectivity index (χ1n) is 7.67. The van der Waals surface area contributed by atoms with Crippen LogP contribution in [0.1, 0.15) is 18.4 Å². The third kappa shape index (κ3) is 6.99. The van der Waals surface area contributed by atoms with Gasteiger partial charge in [0.2, 0.25) is 5.91 Å². The molecule has 1 aliphatic heterocycles. The molecule has 130 valence electrons. The smallest absolute Gasteiger partial charge is 0.237 e. The molecule has 1 aromatic carbocycles. The Morgan fingerprint density at radius 3 is 2.61 bits per heavy atom. The highest BCUT2D eigenvalue weighted by molar-refractivity contribution is 7.84. The van der Waals surface area contributed by atoms with Crippen LogP contribution in [0.2, 0.25) is 0 Å². The van der Waals surface area contributed by atoms with Crippen molar-refractivity contribution >= 4 is 29.1 Å². The van der Waals surface area contributed by atoms with Gasteiger partial charge in [0.1, 0.15) is 0 Å². The molecule has 0 aromatic heterocycles. The van der Waals surface area contributed by atoms with Crippen molar-refractivity contribution in [2.75, 3.05) is 25.5 Å². The largest absolute Gasteiger partial charge is 0.381 e. The van der Waals surface area contributed by atoms with Crippen molar-refractivity contribution in [3.63, 3.8) is 0 Å². The molecule has 0 radical (unpaired) electrons. The lowest BCUT2D eigenvalue weighted by Crippen LogP contribution is -2.47. The van der Waals surface area contributed by atoms with Crippen molar-refractivity contribution in [1.29, 1.82) is 0 Å². The lowest BCUT2D eigenvalue weighted by Gasteiger charge is -2.26. The summed E-state index contributed by atoms with van der Waals surface area (Å²) in [5.41, 5.74) is 7.04. The van der Waals surface area contributed by atoms with Gasteiger partial charge in [-0.05, 0) is 24.3 Å². The fourth-order valence-electron chi connectivity index (χ4n) is 2.53. The van der Waals surface area contributed by atoms with Gasteiger partial charge in [-0.3, -0.25) is 9.00 Å². The van der Waals surface area contributed by atoms with E-state index in [0.29, 0.717) is 31.3 Å². The summed E-state index contributed by atoms with van der Waals surface area (Å²) < 4.78 is 17.2. The number of carbonyl (C=O) groups is 1. The van der Waals surface area contributed by atoms with E-state index in [1.165, 1.54) is 0 Å². The first kappa shape index (κ1) is 20.1. The topological polar surface area (TPSA) is 81.4 Å². The first-order valence-corrected chi connectivity index (χ1v) is 9.15. The van der Waals surface area contributed by atoms with E-state index in [0.717, 1.165) is 18.4 Å². The molecule has 7 heteroatoms. The van der Waals surface area contributed by atoms with Crippen LogP contribution >= 0.6 is 12.4 Å². The molecule has 2 atom stereocenters. The van der Waals surface area contributed by atoms with Crippen LogP contribution in [-0.4, -0.2) is 41.7 Å². The molecule has 23 heavy (non-hydrogen) atoms. The fraction of sp³-hybridized carbons (Fsp3) is 0.562. The molecule has 5 nitrogen and oxygen atoms in total. The van der Waals surface area contributed by atoms with E-state index in [1.54, 1.807) is 0 Å². The van der Waals surface area contributed by atoms with Crippen LogP contribution in [0.4, 0.5) is 0 Å². The van der Waals surface area contributed by atoms with E-state index >= 15 is 0 Å². The maximum Gasteiger partial charge on any atom is 0.237 e. The molecule has 0 bridgehead atoms. The van der Waals surface area contributed by atoms with Gasteiger partial charge in [0.15, 0.2) is 0 Å². The molecular formula is C16H25ClN2O3S. The minimum absolute atomic E-state index is 0. The van der Waals surface area contributed by atoms with Gasteiger partial charge < -0.3 is 15.8 Å². The Bertz CT molecular complexity index is 495. The maximum atomic E-state index is 12.0. The molecule has 1 aromatic rings. The summed E-state index contributed by atoms with van der Waals surface area (Å²) in [6.07, 6.45) is 1.66. The molecule has 2 unspecified atom stereocenters. The lowest BCUT2D eigenvalue weighted by molar-refractivity contribution is -0.124. The number of ether oxygens (including phenoxy) is 1. The van der Waals surface area contributed by atoms with Gasteiger partial charge in [-0.25, -0.2) is 0 Å². The Labute approximate surface area is 146 Å². The summed E-state index contributed by atoms with van der Waals surface area (Å²) in [7, 11) is -0.981. The SMILES string of the molecule is Cl.NC(C(=O)NCCS(=O)Cc1ccccc1)C1CCOCC1. The zero-order chi connectivity index (χ0) is 15.8. The Morgan fingerprint density at radius 2 is 1.96 bits per heavy atom. The average Bonchev–Trinajstić information content (AvgIpc) is 2.55. The molecule has 1 heterocycles. The predicted octanol–water partition coefficient (Wildman–Crippen LogP) is 1.23. The molecule has 0 aliphatic carbocycles. The molecule has 0 saturated carbocycles. The Kier molecular flexibility index (Phi) is 9.40. The normalized spacial score (nSPS) is 17.8. The van der Waals surface area contributed by atoms with Gasteiger partial charge in [0.05, 0.1) is 6.04 Å². The molecule has 1 saturated heterocycles. The second kappa shape index (κ2) is 10.8. The van der Waals surface area contributed by atoms with E-state index < -0.39 is 16.8 Å². The van der Waals surface area contributed by atoms with Gasteiger partial charge in [-0.15, -0.1) is 12.4 Å². The zero-order valence-electron chi connectivity index (χ0n) is 13.1. The van der Waals surface area contributed by atoms with Crippen LogP contribution in [0.3, 0.4) is 0 Å². The highest BCUT2D eigenvalue weighted by Crippen LogP contribution is 2.17. The van der Waals surface area contributed by atoms with Gasteiger partial charge in [0.25, 0.3) is 0 Å². The summed E-state index contributed by atoms with van der Waals surface area (Å²) in [6.45, 7) is 1.74. The second-order valence-corrected chi connectivity index (χ2v) is 7.12. The fourth-order valence-corrected chi connectivity index (χ4v) is 3.57. The monoisotopic (exact) mass is 360 g/mol. The molecule has 3 N–H and O–H groups in total. The van der Waals surface area contributed by atoms with E-state index in [2.05, 4.69) is 5.32 Å². The summed E-state index contributed by atoms with van der Waals surface area (Å²) in [4.78, 5) is 12.0. The second-order valence-electron chi connectivity index (χ2n) is 5.54. The predicted molar refractivity (Wildman–Crippen MR) is 94.9 cm³/mol. The van der Waals surface area contributed by atoms with Crippen molar-refractivity contribution in [3.8, 4) is 0 Å². The molecule has 1 fully saturated rings. The Balaban J connectivity index is 0.00000264. The number of benzene rings is 1. The summed E-state index contributed by atoms with van der Waals surface area (Å²) in [5.74, 6) is 0.997. The highest BCUT2D eigenvalue weighted by Gasteiger charge is 2.26. The van der Waals surface area contributed by atoms with E-state index in [-0.39, 0.29) is 24.2 Å². The van der Waals surface area contributed by atoms with Crippen molar-refractivity contribution in [2.45, 2.75) is 24.6 Å². The third-order valence-electron chi connectivity index (χ3n) is 3.88. The summed E-state index contributed by atoms with van der Waals surface area (Å²) in [6, 6.07) is 9.22. The van der Waals surface area contributed by atoms with Crippen molar-refractivity contribution in [3.05, 3.63) is 35.9 Å². The standard InChI is InChI=1S/C16H24N2O3S.ClH/c17-15(14-6-9-21-10-7-14)16(19)18-8-11-22(20)12-13-4-2-1-3-5-13;/h1-5,14-15H,6-12,17H2,(H,18,19);1H. The number of amides is 1. The lowest BCUT2D eigenvalue weighted by atomic mass is 9.92. The number of nitrogens with two attached hydrogens (primary N) is 1. The van der Waals surface area contributed by atoms with E-state index in [4.69, 9.17) is 10.5 Å². The number of hydrogen-bond donors (Lipinski definition) is 2. The van der Waals surface area contributed by atoms with Crippen molar-refractivity contribution < 1.29 is 13.7 Å². The minimum atomic E-state index is -0.981. The van der Waals surface area contributed by atoms with Crippen LogP contribution in [0, 0.1) is 5.92 Å². The molecular weight excluding hydrogens is 336 g/mol. The quantitative estimate of drug-likeness (QED) is 0.766. The van der Waals surface area contributed by atoms with Crippen molar-refractivity contribution in [1.82, 2.24) is 5.32 Å². The molecule has 0 spiro atoms. The van der Waals surface area contributed by atoms with E-state index in [1.807, 2.05) is 30.3 Å².